The molecule has 0 aliphatic carbocycles. The quantitative estimate of drug-likeness (QED) is 0.168. The van der Waals surface area contributed by atoms with Crippen LogP contribution >= 0.6 is 0 Å². The Hall–Kier alpha value is -6.72. The summed E-state index contributed by atoms with van der Waals surface area (Å²) >= 11 is 0. The highest BCUT2D eigenvalue weighted by Crippen LogP contribution is 2.44. The van der Waals surface area contributed by atoms with E-state index in [-0.39, 0.29) is 17.5 Å². The van der Waals surface area contributed by atoms with Crippen molar-refractivity contribution in [3.05, 3.63) is 163 Å². The predicted octanol–water partition coefficient (Wildman–Crippen LogP) is 11.4. The molecule has 0 radical (unpaired) electrons. The molecule has 5 heteroatoms. The van der Waals surface area contributed by atoms with Crippen LogP contribution in [0.5, 0.6) is 0 Å². The fourth-order valence-electron chi connectivity index (χ4n) is 10.2. The third-order valence-corrected chi connectivity index (χ3v) is 13.1. The van der Waals surface area contributed by atoms with Crippen molar-refractivity contribution in [2.45, 2.75) is 52.4 Å². The number of fused-ring (bicyclic) bond motifs is 10. The Bertz CT molecular complexity index is 3180. The lowest BCUT2D eigenvalue weighted by atomic mass is 9.34. The molecule has 10 aromatic rings. The number of benzene rings is 7. The van der Waals surface area contributed by atoms with E-state index in [1.54, 1.807) is 6.33 Å². The molecule has 7 aromatic carbocycles. The minimum atomic E-state index is -0.0594. The number of nitrogens with zero attached hydrogens (tertiary/aromatic N) is 4. The number of aromatic nitrogens is 4. The highest BCUT2D eigenvalue weighted by atomic mass is 15.0. The third-order valence-electron chi connectivity index (χ3n) is 13.1. The molecule has 59 heavy (non-hydrogen) atoms. The van der Waals surface area contributed by atoms with Gasteiger partial charge in [0, 0.05) is 55.7 Å². The van der Waals surface area contributed by atoms with E-state index < -0.39 is 0 Å². The molecule has 4 nitrogen and oxygen atoms in total. The summed E-state index contributed by atoms with van der Waals surface area (Å²) in [4.78, 5) is 9.15. The standard InChI is InChI=1S/C54H43BN4/c1-53(2,3)37-27-41-39-23-34(32-13-9-7-10-14-32)17-19-46(39)58-48-25-36(45-21-22-56-31-57-45)26-49-50(48)55(43(29-37)51(41)58)44-30-38(54(4,5)6)28-42-40-24-35(33-15-11-8-12-16-33)18-20-47(40)59(49)52(42)44/h7-31H,1-6H3. The predicted molar refractivity (Wildman–Crippen MR) is 249 cm³/mol. The summed E-state index contributed by atoms with van der Waals surface area (Å²) < 4.78 is 5.16. The monoisotopic (exact) mass is 758 g/mol. The summed E-state index contributed by atoms with van der Waals surface area (Å²) in [6.45, 7) is 14.1. The molecule has 0 atom stereocenters. The molecule has 0 bridgehead atoms. The average molecular weight is 759 g/mol. The smallest absolute Gasteiger partial charge is 0.252 e. The number of hydrogen-bond donors (Lipinski definition) is 0. The molecule has 2 aliphatic rings. The molecule has 3 aromatic heterocycles. The maximum absolute atomic E-state index is 4.83. The Morgan fingerprint density at radius 3 is 1.39 bits per heavy atom. The fraction of sp³-hybridized carbons (Fsp3) is 0.148. The highest BCUT2D eigenvalue weighted by Gasteiger charge is 2.42. The second kappa shape index (κ2) is 11.9. The van der Waals surface area contributed by atoms with Gasteiger partial charge < -0.3 is 9.13 Å². The molecule has 12 rings (SSSR count). The van der Waals surface area contributed by atoms with Gasteiger partial charge in [-0.1, -0.05) is 126 Å². The topological polar surface area (TPSA) is 35.6 Å². The Labute approximate surface area is 344 Å². The van der Waals surface area contributed by atoms with Crippen LogP contribution in [0.25, 0.3) is 88.5 Å². The lowest BCUT2D eigenvalue weighted by Crippen LogP contribution is -2.59. The van der Waals surface area contributed by atoms with Gasteiger partial charge in [-0.2, -0.15) is 0 Å². The normalized spacial score (nSPS) is 13.2. The van der Waals surface area contributed by atoms with Crippen LogP contribution in [0.3, 0.4) is 0 Å². The van der Waals surface area contributed by atoms with Gasteiger partial charge in [-0.3, -0.25) is 0 Å². The van der Waals surface area contributed by atoms with E-state index in [2.05, 4.69) is 189 Å². The summed E-state index contributed by atoms with van der Waals surface area (Å²) in [5.74, 6) is 0. The minimum Gasteiger partial charge on any atom is -0.310 e. The van der Waals surface area contributed by atoms with E-state index in [9.17, 15) is 0 Å². The molecule has 0 N–H and O–H groups in total. The summed E-state index contributed by atoms with van der Waals surface area (Å²) in [5, 5.41) is 5.17. The Kier molecular flexibility index (Phi) is 6.94. The first-order valence-corrected chi connectivity index (χ1v) is 20.8. The van der Waals surface area contributed by atoms with E-state index in [0.29, 0.717) is 0 Å². The first-order chi connectivity index (χ1) is 28.5. The van der Waals surface area contributed by atoms with Gasteiger partial charge in [-0.05, 0) is 115 Å². The zero-order valence-electron chi connectivity index (χ0n) is 34.3. The van der Waals surface area contributed by atoms with Crippen molar-refractivity contribution in [3.63, 3.8) is 0 Å². The lowest BCUT2D eigenvalue weighted by molar-refractivity contribution is 0.591. The Morgan fingerprint density at radius 1 is 0.458 bits per heavy atom. The third kappa shape index (κ3) is 4.91. The second-order valence-electron chi connectivity index (χ2n) is 18.7. The van der Waals surface area contributed by atoms with Crippen LogP contribution in [-0.4, -0.2) is 25.8 Å². The molecule has 0 fully saturated rings. The van der Waals surface area contributed by atoms with Crippen LogP contribution in [-0.2, 0) is 10.8 Å². The molecular formula is C54H43BN4. The molecule has 5 heterocycles. The van der Waals surface area contributed by atoms with Gasteiger partial charge in [0.2, 0.25) is 0 Å². The van der Waals surface area contributed by atoms with E-state index >= 15 is 0 Å². The van der Waals surface area contributed by atoms with Gasteiger partial charge in [0.1, 0.15) is 6.33 Å². The fourth-order valence-corrected chi connectivity index (χ4v) is 10.2. The lowest BCUT2D eigenvalue weighted by Gasteiger charge is -2.35. The second-order valence-corrected chi connectivity index (χ2v) is 18.7. The van der Waals surface area contributed by atoms with Crippen molar-refractivity contribution in [1.82, 2.24) is 19.1 Å². The van der Waals surface area contributed by atoms with Crippen molar-refractivity contribution in [2.75, 3.05) is 0 Å². The molecule has 0 saturated heterocycles. The van der Waals surface area contributed by atoms with Gasteiger partial charge in [0.25, 0.3) is 6.71 Å². The Morgan fingerprint density at radius 2 is 0.949 bits per heavy atom. The summed E-state index contributed by atoms with van der Waals surface area (Å²) in [6.07, 6.45) is 3.52. The van der Waals surface area contributed by atoms with Gasteiger partial charge >= 0.3 is 0 Å². The van der Waals surface area contributed by atoms with E-state index in [0.717, 1.165) is 11.3 Å². The van der Waals surface area contributed by atoms with Crippen molar-refractivity contribution in [3.8, 4) is 44.9 Å². The van der Waals surface area contributed by atoms with Crippen LogP contribution < -0.4 is 16.4 Å². The number of hydrogen-bond acceptors (Lipinski definition) is 2. The molecule has 282 valence electrons. The molecule has 0 saturated carbocycles. The first-order valence-electron chi connectivity index (χ1n) is 20.8. The minimum absolute atomic E-state index is 0.0184. The van der Waals surface area contributed by atoms with E-state index in [1.807, 2.05) is 12.3 Å². The molecule has 0 spiro atoms. The van der Waals surface area contributed by atoms with Crippen LogP contribution in [0.1, 0.15) is 52.7 Å². The molecule has 2 aliphatic heterocycles. The van der Waals surface area contributed by atoms with Crippen LogP contribution in [0.2, 0.25) is 0 Å². The van der Waals surface area contributed by atoms with Gasteiger partial charge in [-0.25, -0.2) is 9.97 Å². The van der Waals surface area contributed by atoms with E-state index in [1.165, 1.54) is 105 Å². The van der Waals surface area contributed by atoms with Crippen molar-refractivity contribution in [1.29, 1.82) is 0 Å². The zero-order chi connectivity index (χ0) is 39.9. The van der Waals surface area contributed by atoms with Gasteiger partial charge in [0.05, 0.1) is 16.7 Å². The summed E-state index contributed by atoms with van der Waals surface area (Å²) in [7, 11) is 0. The van der Waals surface area contributed by atoms with Crippen molar-refractivity contribution >= 4 is 66.7 Å². The Balaban J connectivity index is 1.28. The van der Waals surface area contributed by atoms with Gasteiger partial charge in [0.15, 0.2) is 0 Å². The SMILES string of the molecule is CC(C)(C)c1cc2c3c(c1)c1cc(-c4ccccc4)ccc1n3-c1cc(-c3ccncn3)cc3c1B2c1cc(C(C)(C)C)cc2c4cc(-c5ccccc5)ccc4n-3c12. The highest BCUT2D eigenvalue weighted by molar-refractivity contribution is 7.00. The van der Waals surface area contributed by atoms with Crippen LogP contribution in [0.4, 0.5) is 0 Å². The number of rotatable bonds is 3. The van der Waals surface area contributed by atoms with Gasteiger partial charge in [-0.15, -0.1) is 0 Å². The van der Waals surface area contributed by atoms with Crippen molar-refractivity contribution < 1.29 is 0 Å². The van der Waals surface area contributed by atoms with E-state index in [4.69, 9.17) is 4.98 Å². The van der Waals surface area contributed by atoms with Crippen molar-refractivity contribution in [2.24, 2.45) is 0 Å². The average Bonchev–Trinajstić information content (AvgIpc) is 3.76. The zero-order valence-corrected chi connectivity index (χ0v) is 34.3. The summed E-state index contributed by atoms with van der Waals surface area (Å²) in [6, 6.07) is 52.6. The summed E-state index contributed by atoms with van der Waals surface area (Å²) in [5.41, 5.74) is 21.1. The largest absolute Gasteiger partial charge is 0.310 e. The molecule has 0 unspecified atom stereocenters. The molecule has 0 amide bonds. The molecular weight excluding hydrogens is 715 g/mol. The van der Waals surface area contributed by atoms with Crippen LogP contribution in [0.15, 0.2) is 152 Å². The first kappa shape index (κ1) is 34.3. The van der Waals surface area contributed by atoms with Crippen LogP contribution in [0, 0.1) is 0 Å². The maximum atomic E-state index is 4.83. The maximum Gasteiger partial charge on any atom is 0.252 e.